The Bertz CT molecular complexity index is 311. The standard InChI is InChI=1S/C15H28N2O2/c1-12-4-6-15(19,7-5-12)11-17-8-2-3-13(10-17)9-14(16)18/h12-13,19H,2-11H2,1H3,(H2,16,18). The number of carbonyl (C=O) groups is 1. The number of hydrogen-bond acceptors (Lipinski definition) is 3. The normalized spacial score (nSPS) is 37.2. The van der Waals surface area contributed by atoms with Crippen LogP contribution in [-0.4, -0.2) is 41.1 Å². The molecule has 1 amide bonds. The Kier molecular flexibility index (Phi) is 4.85. The Morgan fingerprint density at radius 3 is 2.68 bits per heavy atom. The van der Waals surface area contributed by atoms with Gasteiger partial charge in [0.25, 0.3) is 0 Å². The molecule has 1 atom stereocenters. The molecule has 4 heteroatoms. The summed E-state index contributed by atoms with van der Waals surface area (Å²) in [6.07, 6.45) is 6.81. The van der Waals surface area contributed by atoms with E-state index in [2.05, 4.69) is 11.8 Å². The molecule has 1 aliphatic heterocycles. The van der Waals surface area contributed by atoms with Crippen LogP contribution in [0.25, 0.3) is 0 Å². The quantitative estimate of drug-likeness (QED) is 0.812. The molecule has 19 heavy (non-hydrogen) atoms. The summed E-state index contributed by atoms with van der Waals surface area (Å²) in [4.78, 5) is 13.4. The number of rotatable bonds is 4. The largest absolute Gasteiger partial charge is 0.389 e. The molecule has 1 unspecified atom stereocenters. The second-order valence-electron chi connectivity index (χ2n) is 6.82. The Morgan fingerprint density at radius 1 is 1.37 bits per heavy atom. The molecule has 4 nitrogen and oxygen atoms in total. The number of likely N-dealkylation sites (tertiary alicyclic amines) is 1. The third-order valence-corrected chi connectivity index (χ3v) is 4.82. The van der Waals surface area contributed by atoms with Crippen molar-refractivity contribution in [3.8, 4) is 0 Å². The van der Waals surface area contributed by atoms with Gasteiger partial charge in [-0.15, -0.1) is 0 Å². The molecule has 1 heterocycles. The van der Waals surface area contributed by atoms with Crippen molar-refractivity contribution >= 4 is 5.91 Å². The van der Waals surface area contributed by atoms with Gasteiger partial charge in [-0.1, -0.05) is 6.92 Å². The molecular weight excluding hydrogens is 240 g/mol. The van der Waals surface area contributed by atoms with E-state index in [1.807, 2.05) is 0 Å². The van der Waals surface area contributed by atoms with Crippen molar-refractivity contribution in [3.63, 3.8) is 0 Å². The zero-order valence-corrected chi connectivity index (χ0v) is 12.1. The lowest BCUT2D eigenvalue weighted by Crippen LogP contribution is -2.48. The van der Waals surface area contributed by atoms with Crippen LogP contribution in [0.4, 0.5) is 0 Å². The molecule has 0 aromatic rings. The average Bonchev–Trinajstić information content (AvgIpc) is 2.33. The fourth-order valence-corrected chi connectivity index (χ4v) is 3.62. The first-order chi connectivity index (χ1) is 8.97. The highest BCUT2D eigenvalue weighted by Gasteiger charge is 2.34. The van der Waals surface area contributed by atoms with Gasteiger partial charge >= 0.3 is 0 Å². The van der Waals surface area contributed by atoms with E-state index < -0.39 is 5.60 Å². The molecule has 0 spiro atoms. The van der Waals surface area contributed by atoms with Crippen molar-refractivity contribution in [2.24, 2.45) is 17.6 Å². The summed E-state index contributed by atoms with van der Waals surface area (Å²) >= 11 is 0. The zero-order chi connectivity index (χ0) is 13.9. The highest BCUT2D eigenvalue weighted by molar-refractivity contribution is 5.74. The first kappa shape index (κ1) is 14.8. The van der Waals surface area contributed by atoms with Crippen LogP contribution < -0.4 is 5.73 Å². The van der Waals surface area contributed by atoms with E-state index in [0.29, 0.717) is 12.3 Å². The van der Waals surface area contributed by atoms with E-state index in [1.165, 1.54) is 0 Å². The van der Waals surface area contributed by atoms with Crippen molar-refractivity contribution in [2.45, 2.75) is 57.5 Å². The molecule has 110 valence electrons. The molecule has 0 radical (unpaired) electrons. The van der Waals surface area contributed by atoms with Crippen molar-refractivity contribution < 1.29 is 9.90 Å². The summed E-state index contributed by atoms with van der Waals surface area (Å²) in [7, 11) is 0. The first-order valence-corrected chi connectivity index (χ1v) is 7.70. The van der Waals surface area contributed by atoms with Gasteiger partial charge in [-0.05, 0) is 56.9 Å². The smallest absolute Gasteiger partial charge is 0.217 e. The van der Waals surface area contributed by atoms with Gasteiger partial charge in [-0.3, -0.25) is 4.79 Å². The summed E-state index contributed by atoms with van der Waals surface area (Å²) < 4.78 is 0. The molecule has 3 N–H and O–H groups in total. The minimum absolute atomic E-state index is 0.197. The van der Waals surface area contributed by atoms with E-state index >= 15 is 0 Å². The number of amides is 1. The fourth-order valence-electron chi connectivity index (χ4n) is 3.62. The summed E-state index contributed by atoms with van der Waals surface area (Å²) in [6, 6.07) is 0. The molecule has 2 aliphatic rings. The minimum atomic E-state index is -0.499. The average molecular weight is 268 g/mol. The van der Waals surface area contributed by atoms with E-state index in [1.54, 1.807) is 0 Å². The number of aliphatic hydroxyl groups is 1. The maximum atomic E-state index is 11.0. The topological polar surface area (TPSA) is 66.6 Å². The van der Waals surface area contributed by atoms with Crippen molar-refractivity contribution in [1.29, 1.82) is 0 Å². The van der Waals surface area contributed by atoms with E-state index in [4.69, 9.17) is 5.73 Å². The Hall–Kier alpha value is -0.610. The maximum absolute atomic E-state index is 11.0. The van der Waals surface area contributed by atoms with Gasteiger partial charge in [0.05, 0.1) is 5.60 Å². The van der Waals surface area contributed by atoms with Gasteiger partial charge in [0.2, 0.25) is 5.91 Å². The van der Waals surface area contributed by atoms with E-state index in [0.717, 1.165) is 64.1 Å². The van der Waals surface area contributed by atoms with E-state index in [-0.39, 0.29) is 5.91 Å². The maximum Gasteiger partial charge on any atom is 0.217 e. The van der Waals surface area contributed by atoms with Crippen LogP contribution in [0.3, 0.4) is 0 Å². The number of nitrogens with two attached hydrogens (primary N) is 1. The number of nitrogens with zero attached hydrogens (tertiary/aromatic N) is 1. The van der Waals surface area contributed by atoms with E-state index in [9.17, 15) is 9.90 Å². The molecule has 0 bridgehead atoms. The zero-order valence-electron chi connectivity index (χ0n) is 12.1. The van der Waals surface area contributed by atoms with Crippen molar-refractivity contribution in [2.75, 3.05) is 19.6 Å². The third-order valence-electron chi connectivity index (χ3n) is 4.82. The summed E-state index contributed by atoms with van der Waals surface area (Å²) in [5.41, 5.74) is 4.79. The van der Waals surface area contributed by atoms with Crippen LogP contribution in [0.1, 0.15) is 51.9 Å². The van der Waals surface area contributed by atoms with Crippen LogP contribution in [0.5, 0.6) is 0 Å². The lowest BCUT2D eigenvalue weighted by Gasteiger charge is -2.41. The second-order valence-corrected chi connectivity index (χ2v) is 6.82. The van der Waals surface area contributed by atoms with Gasteiger partial charge in [-0.2, -0.15) is 0 Å². The van der Waals surface area contributed by atoms with Crippen LogP contribution in [0.15, 0.2) is 0 Å². The Morgan fingerprint density at radius 2 is 2.05 bits per heavy atom. The Balaban J connectivity index is 1.83. The van der Waals surface area contributed by atoms with Gasteiger partial charge in [-0.25, -0.2) is 0 Å². The SMILES string of the molecule is CC1CCC(O)(CN2CCCC(CC(N)=O)C2)CC1. The molecule has 2 fully saturated rings. The molecule has 0 aromatic carbocycles. The van der Waals surface area contributed by atoms with Gasteiger partial charge in [0.1, 0.15) is 0 Å². The number of carbonyl (C=O) groups excluding carboxylic acids is 1. The number of β-amino-alcohol motifs (C(OH)–C–C–N with tert-alkyl or cyclic N) is 1. The van der Waals surface area contributed by atoms with Crippen LogP contribution >= 0.6 is 0 Å². The lowest BCUT2D eigenvalue weighted by atomic mass is 9.79. The Labute approximate surface area is 116 Å². The second kappa shape index (κ2) is 6.23. The monoisotopic (exact) mass is 268 g/mol. The predicted octanol–water partition coefficient (Wildman–Crippen LogP) is 1.51. The fraction of sp³-hybridized carbons (Fsp3) is 0.933. The summed E-state index contributed by atoms with van der Waals surface area (Å²) in [5, 5.41) is 10.7. The van der Waals surface area contributed by atoms with Crippen LogP contribution in [-0.2, 0) is 4.79 Å². The molecule has 2 rings (SSSR count). The highest BCUT2D eigenvalue weighted by Crippen LogP contribution is 2.33. The number of piperidine rings is 1. The van der Waals surface area contributed by atoms with Gasteiger partial charge in [0.15, 0.2) is 0 Å². The molecule has 0 aromatic heterocycles. The predicted molar refractivity (Wildman–Crippen MR) is 75.6 cm³/mol. The highest BCUT2D eigenvalue weighted by atomic mass is 16.3. The summed E-state index contributed by atoms with van der Waals surface area (Å²) in [5.74, 6) is 0.943. The third kappa shape index (κ3) is 4.46. The lowest BCUT2D eigenvalue weighted by molar-refractivity contribution is -0.119. The number of primary amides is 1. The van der Waals surface area contributed by atoms with Crippen LogP contribution in [0, 0.1) is 11.8 Å². The molecule has 1 saturated carbocycles. The summed E-state index contributed by atoms with van der Waals surface area (Å²) in [6.45, 7) is 5.01. The van der Waals surface area contributed by atoms with Gasteiger partial charge in [0, 0.05) is 19.5 Å². The molecular formula is C15H28N2O2. The molecule has 1 saturated heterocycles. The van der Waals surface area contributed by atoms with Gasteiger partial charge < -0.3 is 15.7 Å². The van der Waals surface area contributed by atoms with Crippen molar-refractivity contribution in [1.82, 2.24) is 4.90 Å². The molecule has 1 aliphatic carbocycles. The van der Waals surface area contributed by atoms with Crippen LogP contribution in [0.2, 0.25) is 0 Å². The first-order valence-electron chi connectivity index (χ1n) is 7.70. The van der Waals surface area contributed by atoms with Crippen molar-refractivity contribution in [3.05, 3.63) is 0 Å². The minimum Gasteiger partial charge on any atom is -0.389 e. The number of hydrogen-bond donors (Lipinski definition) is 2.